The van der Waals surface area contributed by atoms with Crippen LogP contribution in [0.4, 0.5) is 0 Å². The van der Waals surface area contributed by atoms with E-state index in [9.17, 15) is 14.4 Å². The summed E-state index contributed by atoms with van der Waals surface area (Å²) in [5.41, 5.74) is 0. The summed E-state index contributed by atoms with van der Waals surface area (Å²) in [6.45, 7) is 3.64. The predicted molar refractivity (Wildman–Crippen MR) is 80.2 cm³/mol. The van der Waals surface area contributed by atoms with Gasteiger partial charge >= 0.3 is 5.97 Å². The highest BCUT2D eigenvalue weighted by atomic mass is 16.5. The molecule has 1 aliphatic rings. The number of carbonyl (C=O) groups excluding carboxylic acids is 2. The van der Waals surface area contributed by atoms with Gasteiger partial charge in [0.1, 0.15) is 12.6 Å². The van der Waals surface area contributed by atoms with E-state index in [4.69, 9.17) is 9.84 Å². The SMILES string of the molecule is COCC(=O)N[C@H](C(=O)NC1CCC(C(=O)O)CC1)C(C)C. The van der Waals surface area contributed by atoms with E-state index < -0.39 is 12.0 Å². The standard InChI is InChI=1S/C15H26N2O5/c1-9(2)13(17-12(18)8-22-3)14(19)16-11-6-4-10(5-7-11)15(20)21/h9-11,13H,4-8H2,1-3H3,(H,16,19)(H,17,18)(H,20,21)/t10?,11?,13-/m0/s1. The summed E-state index contributed by atoms with van der Waals surface area (Å²) < 4.78 is 4.75. The van der Waals surface area contributed by atoms with Gasteiger partial charge < -0.3 is 20.5 Å². The number of rotatable bonds is 7. The van der Waals surface area contributed by atoms with Crippen molar-refractivity contribution in [3.05, 3.63) is 0 Å². The van der Waals surface area contributed by atoms with Crippen molar-refractivity contribution in [2.24, 2.45) is 11.8 Å². The van der Waals surface area contributed by atoms with Crippen LogP contribution in [-0.2, 0) is 19.1 Å². The Bertz CT molecular complexity index is 403. The van der Waals surface area contributed by atoms with Gasteiger partial charge in [0.05, 0.1) is 5.92 Å². The maximum Gasteiger partial charge on any atom is 0.306 e. The van der Waals surface area contributed by atoms with E-state index in [-0.39, 0.29) is 36.3 Å². The van der Waals surface area contributed by atoms with Crippen molar-refractivity contribution in [1.29, 1.82) is 0 Å². The van der Waals surface area contributed by atoms with E-state index in [0.717, 1.165) is 0 Å². The molecule has 0 aromatic carbocycles. The summed E-state index contributed by atoms with van der Waals surface area (Å²) in [5.74, 6) is -1.67. The number of methoxy groups -OCH3 is 1. The number of hydrogen-bond acceptors (Lipinski definition) is 4. The monoisotopic (exact) mass is 314 g/mol. The lowest BCUT2D eigenvalue weighted by Gasteiger charge is -2.29. The summed E-state index contributed by atoms with van der Waals surface area (Å²) in [4.78, 5) is 34.8. The molecule has 0 saturated heterocycles. The van der Waals surface area contributed by atoms with E-state index in [1.54, 1.807) is 0 Å². The van der Waals surface area contributed by atoms with Crippen molar-refractivity contribution < 1.29 is 24.2 Å². The second-order valence-electron chi connectivity index (χ2n) is 6.12. The van der Waals surface area contributed by atoms with Gasteiger partial charge in [-0.1, -0.05) is 13.8 Å². The molecule has 1 aliphatic carbocycles. The average Bonchev–Trinajstić information content (AvgIpc) is 2.45. The van der Waals surface area contributed by atoms with Gasteiger partial charge in [-0.15, -0.1) is 0 Å². The molecule has 0 heterocycles. The minimum atomic E-state index is -0.767. The van der Waals surface area contributed by atoms with Crippen LogP contribution >= 0.6 is 0 Å². The van der Waals surface area contributed by atoms with Gasteiger partial charge in [0.15, 0.2) is 0 Å². The van der Waals surface area contributed by atoms with Crippen LogP contribution < -0.4 is 10.6 Å². The fraction of sp³-hybridized carbons (Fsp3) is 0.800. The number of amides is 2. The molecular weight excluding hydrogens is 288 g/mol. The normalized spacial score (nSPS) is 22.9. The van der Waals surface area contributed by atoms with Crippen molar-refractivity contribution in [2.75, 3.05) is 13.7 Å². The molecule has 0 aliphatic heterocycles. The molecule has 0 bridgehead atoms. The number of carboxylic acid groups (broad SMARTS) is 1. The van der Waals surface area contributed by atoms with Crippen LogP contribution in [0.3, 0.4) is 0 Å². The van der Waals surface area contributed by atoms with Crippen LogP contribution in [0.5, 0.6) is 0 Å². The molecule has 0 aromatic heterocycles. The highest BCUT2D eigenvalue weighted by molar-refractivity contribution is 5.88. The fourth-order valence-electron chi connectivity index (χ4n) is 2.66. The van der Waals surface area contributed by atoms with Gasteiger partial charge in [0.25, 0.3) is 0 Å². The molecule has 0 spiro atoms. The molecule has 1 rings (SSSR count). The Morgan fingerprint density at radius 1 is 1.18 bits per heavy atom. The summed E-state index contributed by atoms with van der Waals surface area (Å²) in [7, 11) is 1.42. The summed E-state index contributed by atoms with van der Waals surface area (Å²) in [6.07, 6.45) is 2.45. The second kappa shape index (κ2) is 8.73. The molecule has 1 atom stereocenters. The Hall–Kier alpha value is -1.63. The van der Waals surface area contributed by atoms with E-state index in [1.165, 1.54) is 7.11 Å². The zero-order valence-electron chi connectivity index (χ0n) is 13.4. The first kappa shape index (κ1) is 18.4. The fourth-order valence-corrected chi connectivity index (χ4v) is 2.66. The van der Waals surface area contributed by atoms with Crippen LogP contribution in [0.25, 0.3) is 0 Å². The first-order chi connectivity index (χ1) is 10.3. The topological polar surface area (TPSA) is 105 Å². The van der Waals surface area contributed by atoms with Gasteiger partial charge in [-0.25, -0.2) is 0 Å². The smallest absolute Gasteiger partial charge is 0.306 e. The predicted octanol–water partition coefficient (Wildman–Crippen LogP) is 0.533. The van der Waals surface area contributed by atoms with E-state index >= 15 is 0 Å². The molecule has 7 nitrogen and oxygen atoms in total. The Morgan fingerprint density at radius 2 is 1.77 bits per heavy atom. The largest absolute Gasteiger partial charge is 0.481 e. The number of carbonyl (C=O) groups is 3. The number of carboxylic acids is 1. The number of aliphatic carboxylic acids is 1. The second-order valence-corrected chi connectivity index (χ2v) is 6.12. The molecule has 126 valence electrons. The Kier molecular flexibility index (Phi) is 7.31. The van der Waals surface area contributed by atoms with E-state index in [1.807, 2.05) is 13.8 Å². The molecule has 0 aromatic rings. The van der Waals surface area contributed by atoms with Gasteiger partial charge in [0.2, 0.25) is 11.8 Å². The average molecular weight is 314 g/mol. The molecule has 22 heavy (non-hydrogen) atoms. The Morgan fingerprint density at radius 3 is 2.23 bits per heavy atom. The third kappa shape index (κ3) is 5.63. The number of ether oxygens (including phenoxy) is 1. The molecule has 2 amide bonds. The van der Waals surface area contributed by atoms with Crippen LogP contribution in [-0.4, -0.2) is 48.7 Å². The number of hydrogen-bond donors (Lipinski definition) is 3. The van der Waals surface area contributed by atoms with E-state index in [0.29, 0.717) is 25.7 Å². The maximum atomic E-state index is 12.3. The summed E-state index contributed by atoms with van der Waals surface area (Å²) >= 11 is 0. The van der Waals surface area contributed by atoms with Crippen molar-refractivity contribution in [3.63, 3.8) is 0 Å². The Balaban J connectivity index is 2.50. The molecular formula is C15H26N2O5. The summed E-state index contributed by atoms with van der Waals surface area (Å²) in [6, 6.07) is -0.636. The molecule has 1 saturated carbocycles. The minimum Gasteiger partial charge on any atom is -0.481 e. The van der Waals surface area contributed by atoms with Gasteiger partial charge in [-0.2, -0.15) is 0 Å². The summed E-state index contributed by atoms with van der Waals surface area (Å²) in [5, 5.41) is 14.6. The molecule has 7 heteroatoms. The maximum absolute atomic E-state index is 12.3. The van der Waals surface area contributed by atoms with Crippen molar-refractivity contribution in [2.45, 2.75) is 51.6 Å². The first-order valence-electron chi connectivity index (χ1n) is 7.66. The lowest BCUT2D eigenvalue weighted by Crippen LogP contribution is -2.53. The quantitative estimate of drug-likeness (QED) is 0.636. The molecule has 3 N–H and O–H groups in total. The first-order valence-corrected chi connectivity index (χ1v) is 7.66. The molecule has 1 fully saturated rings. The van der Waals surface area contributed by atoms with Gasteiger partial charge in [0, 0.05) is 13.2 Å². The van der Waals surface area contributed by atoms with Crippen molar-refractivity contribution in [1.82, 2.24) is 10.6 Å². The Labute approximate surface area is 130 Å². The van der Waals surface area contributed by atoms with Crippen LogP contribution in [0.2, 0.25) is 0 Å². The lowest BCUT2D eigenvalue weighted by atomic mass is 9.86. The third-order valence-electron chi connectivity index (χ3n) is 3.96. The number of nitrogens with one attached hydrogen (secondary N) is 2. The molecule has 0 radical (unpaired) electrons. The van der Waals surface area contributed by atoms with Gasteiger partial charge in [-0.3, -0.25) is 14.4 Å². The van der Waals surface area contributed by atoms with Crippen LogP contribution in [0, 0.1) is 11.8 Å². The lowest BCUT2D eigenvalue weighted by molar-refractivity contribution is -0.143. The highest BCUT2D eigenvalue weighted by Gasteiger charge is 2.30. The van der Waals surface area contributed by atoms with Crippen molar-refractivity contribution in [3.8, 4) is 0 Å². The van der Waals surface area contributed by atoms with Crippen LogP contribution in [0.1, 0.15) is 39.5 Å². The van der Waals surface area contributed by atoms with E-state index in [2.05, 4.69) is 10.6 Å². The molecule has 0 unspecified atom stereocenters. The zero-order valence-corrected chi connectivity index (χ0v) is 13.4. The zero-order chi connectivity index (χ0) is 16.7. The van der Waals surface area contributed by atoms with Gasteiger partial charge in [-0.05, 0) is 31.6 Å². The highest BCUT2D eigenvalue weighted by Crippen LogP contribution is 2.24. The van der Waals surface area contributed by atoms with Crippen LogP contribution in [0.15, 0.2) is 0 Å². The van der Waals surface area contributed by atoms with Crippen molar-refractivity contribution >= 4 is 17.8 Å². The third-order valence-corrected chi connectivity index (χ3v) is 3.96. The minimum absolute atomic E-state index is 0.0244.